The van der Waals surface area contributed by atoms with Crippen LogP contribution >= 0.6 is 12.4 Å². The van der Waals surface area contributed by atoms with Crippen LogP contribution in [0, 0.1) is 5.41 Å². The predicted molar refractivity (Wildman–Crippen MR) is 84.9 cm³/mol. The van der Waals surface area contributed by atoms with Crippen molar-refractivity contribution in [3.8, 4) is 0 Å². The molecule has 0 spiro atoms. The second-order valence-electron chi connectivity index (χ2n) is 5.16. The Kier molecular flexibility index (Phi) is 18.7. The van der Waals surface area contributed by atoms with Gasteiger partial charge in [-0.3, -0.25) is 5.41 Å². The molecule has 0 heterocycles. The Bertz CT molecular complexity index is 172. The molecular weight excluding hydrogens is 244 g/mol. The van der Waals surface area contributed by atoms with Crippen LogP contribution in [0.5, 0.6) is 0 Å². The number of nitrogens with two attached hydrogens (primary N) is 1. The first-order valence-electron chi connectivity index (χ1n) is 7.60. The second-order valence-corrected chi connectivity index (χ2v) is 5.16. The van der Waals surface area contributed by atoms with Crippen LogP contribution in [0.25, 0.3) is 0 Å². The largest absolute Gasteiger partial charge is 0.388 e. The fourth-order valence-corrected chi connectivity index (χ4v) is 2.16. The fourth-order valence-electron chi connectivity index (χ4n) is 2.16. The number of hydrogen-bond donors (Lipinski definition) is 2. The van der Waals surface area contributed by atoms with Crippen molar-refractivity contribution in [2.45, 2.75) is 90.4 Å². The summed E-state index contributed by atoms with van der Waals surface area (Å²) in [5.41, 5.74) is 5.31. The molecule has 110 valence electrons. The van der Waals surface area contributed by atoms with Gasteiger partial charge in [0.05, 0.1) is 5.84 Å². The van der Waals surface area contributed by atoms with E-state index in [-0.39, 0.29) is 12.4 Å². The average molecular weight is 277 g/mol. The Balaban J connectivity index is 0. The summed E-state index contributed by atoms with van der Waals surface area (Å²) in [7, 11) is 0. The topological polar surface area (TPSA) is 49.9 Å². The van der Waals surface area contributed by atoms with Crippen molar-refractivity contribution >= 4 is 18.2 Å². The maximum Gasteiger partial charge on any atom is 0.0905 e. The molecule has 0 aromatic heterocycles. The molecule has 0 saturated heterocycles. The van der Waals surface area contributed by atoms with Crippen LogP contribution in [0.2, 0.25) is 0 Å². The van der Waals surface area contributed by atoms with Gasteiger partial charge in [-0.15, -0.1) is 12.4 Å². The highest BCUT2D eigenvalue weighted by atomic mass is 35.5. The molecule has 0 unspecified atom stereocenters. The van der Waals surface area contributed by atoms with Gasteiger partial charge in [-0.2, -0.15) is 0 Å². The van der Waals surface area contributed by atoms with Crippen molar-refractivity contribution in [2.24, 2.45) is 5.73 Å². The molecule has 0 atom stereocenters. The Hall–Kier alpha value is -0.240. The summed E-state index contributed by atoms with van der Waals surface area (Å²) in [5, 5.41) is 7.11. The molecule has 0 aromatic rings. The van der Waals surface area contributed by atoms with E-state index in [1.165, 1.54) is 70.6 Å². The maximum atomic E-state index is 7.11. The highest BCUT2D eigenvalue weighted by Crippen LogP contribution is 2.12. The van der Waals surface area contributed by atoms with Crippen LogP contribution in [0.1, 0.15) is 90.4 Å². The molecule has 2 nitrogen and oxygen atoms in total. The van der Waals surface area contributed by atoms with Crippen LogP contribution in [0.3, 0.4) is 0 Å². The summed E-state index contributed by atoms with van der Waals surface area (Å²) in [6, 6.07) is 0. The van der Waals surface area contributed by atoms with Gasteiger partial charge in [-0.25, -0.2) is 0 Å². The Morgan fingerprint density at radius 2 is 1.06 bits per heavy atom. The van der Waals surface area contributed by atoms with Gasteiger partial charge >= 0.3 is 0 Å². The molecule has 0 radical (unpaired) electrons. The van der Waals surface area contributed by atoms with E-state index in [2.05, 4.69) is 6.92 Å². The van der Waals surface area contributed by atoms with Crippen molar-refractivity contribution < 1.29 is 0 Å². The van der Waals surface area contributed by atoms with Gasteiger partial charge in [0.15, 0.2) is 0 Å². The third-order valence-corrected chi connectivity index (χ3v) is 3.30. The lowest BCUT2D eigenvalue weighted by atomic mass is 10.0. The van der Waals surface area contributed by atoms with Gasteiger partial charge < -0.3 is 5.73 Å². The normalized spacial score (nSPS) is 10.1. The minimum atomic E-state index is 0. The predicted octanol–water partition coefficient (Wildman–Crippen LogP) is 5.44. The number of nitrogens with one attached hydrogen (secondary N) is 1. The van der Waals surface area contributed by atoms with Crippen molar-refractivity contribution in [1.82, 2.24) is 0 Å². The van der Waals surface area contributed by atoms with Crippen LogP contribution in [-0.2, 0) is 0 Å². The molecule has 0 aromatic carbocycles. The van der Waals surface area contributed by atoms with E-state index in [9.17, 15) is 0 Å². The molecule has 0 fully saturated rings. The Morgan fingerprint density at radius 3 is 1.39 bits per heavy atom. The molecule has 0 amide bonds. The first-order valence-corrected chi connectivity index (χ1v) is 7.60. The number of halogens is 1. The molecule has 18 heavy (non-hydrogen) atoms. The van der Waals surface area contributed by atoms with Crippen molar-refractivity contribution in [3.63, 3.8) is 0 Å². The smallest absolute Gasteiger partial charge is 0.0905 e. The van der Waals surface area contributed by atoms with Crippen LogP contribution in [0.15, 0.2) is 0 Å². The van der Waals surface area contributed by atoms with Gasteiger partial charge in [0.25, 0.3) is 0 Å². The Labute approximate surface area is 120 Å². The summed E-state index contributed by atoms with van der Waals surface area (Å²) < 4.78 is 0. The summed E-state index contributed by atoms with van der Waals surface area (Å²) in [5.74, 6) is 0.345. The lowest BCUT2D eigenvalue weighted by Crippen LogP contribution is -2.08. The lowest BCUT2D eigenvalue weighted by molar-refractivity contribution is 0.545. The minimum Gasteiger partial charge on any atom is -0.388 e. The second kappa shape index (κ2) is 16.8. The number of rotatable bonds is 13. The third-order valence-electron chi connectivity index (χ3n) is 3.30. The zero-order valence-electron chi connectivity index (χ0n) is 12.2. The molecule has 0 saturated carbocycles. The monoisotopic (exact) mass is 276 g/mol. The number of hydrogen-bond acceptors (Lipinski definition) is 1. The quantitative estimate of drug-likeness (QED) is 0.263. The van der Waals surface area contributed by atoms with E-state index in [4.69, 9.17) is 11.1 Å². The zero-order valence-corrected chi connectivity index (χ0v) is 13.0. The lowest BCUT2D eigenvalue weighted by Gasteiger charge is -2.02. The summed E-state index contributed by atoms with van der Waals surface area (Å²) in [4.78, 5) is 0. The van der Waals surface area contributed by atoms with Crippen LogP contribution < -0.4 is 5.73 Å². The van der Waals surface area contributed by atoms with Crippen LogP contribution in [0.4, 0.5) is 0 Å². The molecule has 0 aliphatic heterocycles. The maximum absolute atomic E-state index is 7.11. The van der Waals surface area contributed by atoms with E-state index < -0.39 is 0 Å². The highest BCUT2D eigenvalue weighted by Gasteiger charge is 1.94. The standard InChI is InChI=1S/C15H32N2.ClH/c1-2-3-4-5-6-7-8-9-10-11-12-13-14-15(16)17;/h2-14H2,1H3,(H3,16,17);1H. The highest BCUT2D eigenvalue weighted by molar-refractivity contribution is 5.85. The third kappa shape index (κ3) is 18.1. The first-order chi connectivity index (χ1) is 8.27. The fraction of sp³-hybridized carbons (Fsp3) is 0.933. The summed E-state index contributed by atoms with van der Waals surface area (Å²) >= 11 is 0. The first kappa shape index (κ1) is 20.1. The van der Waals surface area contributed by atoms with Gasteiger partial charge in [0.2, 0.25) is 0 Å². The molecule has 3 N–H and O–H groups in total. The molecular formula is C15H33ClN2. The molecule has 0 aliphatic rings. The number of unbranched alkanes of at least 4 members (excludes halogenated alkanes) is 11. The zero-order chi connectivity index (χ0) is 12.8. The van der Waals surface area contributed by atoms with Gasteiger partial charge in [-0.05, 0) is 6.42 Å². The molecule has 3 heteroatoms. The van der Waals surface area contributed by atoms with Crippen molar-refractivity contribution in [2.75, 3.05) is 0 Å². The molecule has 0 bridgehead atoms. The van der Waals surface area contributed by atoms with Crippen molar-refractivity contribution in [1.29, 1.82) is 5.41 Å². The number of amidine groups is 1. The average Bonchev–Trinajstić information content (AvgIpc) is 2.30. The summed E-state index contributed by atoms with van der Waals surface area (Å²) in [6.07, 6.45) is 17.1. The molecule has 0 aliphatic carbocycles. The summed E-state index contributed by atoms with van der Waals surface area (Å²) in [6.45, 7) is 2.27. The van der Waals surface area contributed by atoms with E-state index in [0.29, 0.717) is 5.84 Å². The van der Waals surface area contributed by atoms with E-state index in [1.807, 2.05) is 0 Å². The van der Waals surface area contributed by atoms with Gasteiger partial charge in [0.1, 0.15) is 0 Å². The van der Waals surface area contributed by atoms with Crippen LogP contribution in [-0.4, -0.2) is 5.84 Å². The van der Waals surface area contributed by atoms with E-state index in [0.717, 1.165) is 12.8 Å². The van der Waals surface area contributed by atoms with Crippen molar-refractivity contribution in [3.05, 3.63) is 0 Å². The van der Waals surface area contributed by atoms with Gasteiger partial charge in [0, 0.05) is 6.42 Å². The SMILES string of the molecule is CCCCCCCCCCCCCCC(=N)N.Cl. The molecule has 0 rings (SSSR count). The van der Waals surface area contributed by atoms with E-state index >= 15 is 0 Å². The Morgan fingerprint density at radius 1 is 0.722 bits per heavy atom. The van der Waals surface area contributed by atoms with Gasteiger partial charge in [-0.1, -0.05) is 77.6 Å². The minimum absolute atomic E-state index is 0. The van der Waals surface area contributed by atoms with E-state index in [1.54, 1.807) is 0 Å².